The highest BCUT2D eigenvalue weighted by molar-refractivity contribution is 6.36. The van der Waals surface area contributed by atoms with Gasteiger partial charge < -0.3 is 4.74 Å². The molecule has 0 bridgehead atoms. The van der Waals surface area contributed by atoms with Gasteiger partial charge in [0.05, 0.1) is 6.10 Å². The number of ether oxygens (including phenoxy) is 1. The van der Waals surface area contributed by atoms with E-state index in [9.17, 15) is 4.79 Å². The van der Waals surface area contributed by atoms with E-state index in [-0.39, 0.29) is 18.7 Å². The molecule has 1 aromatic rings. The van der Waals surface area contributed by atoms with Crippen LogP contribution in [0.2, 0.25) is 0 Å². The Labute approximate surface area is 114 Å². The number of hydrogen-bond donors (Lipinski definition) is 0. The summed E-state index contributed by atoms with van der Waals surface area (Å²) in [6, 6.07) is 9.40. The highest BCUT2D eigenvalue weighted by atomic mass is 35.5. The molecule has 0 saturated carbocycles. The number of rotatable bonds is 5. The summed E-state index contributed by atoms with van der Waals surface area (Å²) in [5.41, 5.74) is 0.789. The van der Waals surface area contributed by atoms with Crippen LogP contribution >= 0.6 is 11.6 Å². The Morgan fingerprint density at radius 3 is 2.33 bits per heavy atom. The summed E-state index contributed by atoms with van der Waals surface area (Å²) in [5.74, 6) is -0.170. The minimum atomic E-state index is -0.948. The average molecular weight is 270 g/mol. The van der Waals surface area contributed by atoms with Crippen molar-refractivity contribution in [3.8, 4) is 0 Å². The smallest absolute Gasteiger partial charge is 0.249 e. The van der Waals surface area contributed by atoms with Crippen LogP contribution in [0.25, 0.3) is 0 Å². The van der Waals surface area contributed by atoms with Crippen LogP contribution in [0.1, 0.15) is 27.7 Å². The van der Waals surface area contributed by atoms with Crippen LogP contribution in [0.15, 0.2) is 30.3 Å². The van der Waals surface area contributed by atoms with Gasteiger partial charge in [-0.15, -0.1) is 11.6 Å². The van der Waals surface area contributed by atoms with Gasteiger partial charge in [-0.1, -0.05) is 18.2 Å². The van der Waals surface area contributed by atoms with Crippen molar-refractivity contribution in [2.45, 2.75) is 38.7 Å². The lowest BCUT2D eigenvalue weighted by Gasteiger charge is -2.28. The molecule has 0 unspecified atom stereocenters. The number of benzene rings is 1. The third kappa shape index (κ3) is 4.31. The van der Waals surface area contributed by atoms with E-state index in [0.29, 0.717) is 0 Å². The van der Waals surface area contributed by atoms with Crippen LogP contribution in [0.3, 0.4) is 0 Å². The molecule has 0 aliphatic heterocycles. The second kappa shape index (κ2) is 6.21. The van der Waals surface area contributed by atoms with E-state index in [2.05, 4.69) is 0 Å². The maximum absolute atomic E-state index is 12.3. The quantitative estimate of drug-likeness (QED) is 0.605. The van der Waals surface area contributed by atoms with E-state index in [1.807, 2.05) is 44.2 Å². The van der Waals surface area contributed by atoms with Gasteiger partial charge >= 0.3 is 0 Å². The Hall–Kier alpha value is -1.06. The van der Waals surface area contributed by atoms with Crippen molar-refractivity contribution in [2.24, 2.45) is 0 Å². The van der Waals surface area contributed by atoms with E-state index in [1.54, 1.807) is 18.7 Å². The van der Waals surface area contributed by atoms with Gasteiger partial charge in [-0.25, -0.2) is 0 Å². The number of halogens is 1. The fraction of sp³-hybridized carbons (Fsp3) is 0.500. The summed E-state index contributed by atoms with van der Waals surface area (Å²) in [6.45, 7) is 7.43. The number of carbonyl (C=O) groups excluding carboxylic acids is 1. The molecule has 100 valence electrons. The van der Waals surface area contributed by atoms with Gasteiger partial charge in [0.1, 0.15) is 11.6 Å². The largest absolute Gasteiger partial charge is 0.358 e. The van der Waals surface area contributed by atoms with Crippen LogP contribution in [0, 0.1) is 0 Å². The predicted molar refractivity (Wildman–Crippen MR) is 74.9 cm³/mol. The first-order valence-corrected chi connectivity index (χ1v) is 6.37. The number of alkyl halides is 1. The Morgan fingerprint density at radius 2 is 1.89 bits per heavy atom. The Bertz CT molecular complexity index is 385. The zero-order valence-electron chi connectivity index (χ0n) is 11.3. The molecule has 0 heterocycles. The lowest BCUT2D eigenvalue weighted by Crippen LogP contribution is -2.43. The molecule has 3 nitrogen and oxygen atoms in total. The molecule has 1 amide bonds. The van der Waals surface area contributed by atoms with Gasteiger partial charge in [-0.3, -0.25) is 9.69 Å². The van der Waals surface area contributed by atoms with Gasteiger partial charge in [0.2, 0.25) is 5.91 Å². The third-order valence-corrected chi connectivity index (χ3v) is 2.52. The first-order chi connectivity index (χ1) is 8.32. The molecule has 0 radical (unpaired) electrons. The average Bonchev–Trinajstić information content (AvgIpc) is 2.29. The standard InChI is InChI=1S/C14H20ClNO2/c1-11(2)18-10-16(13(17)14(3,4)15)12-8-6-5-7-9-12/h5-9,11H,10H2,1-4H3. The maximum Gasteiger partial charge on any atom is 0.249 e. The molecule has 0 aliphatic carbocycles. The summed E-state index contributed by atoms with van der Waals surface area (Å²) in [4.78, 5) is 12.9. The Kier molecular flexibility index (Phi) is 5.17. The minimum absolute atomic E-state index is 0.0578. The first-order valence-electron chi connectivity index (χ1n) is 6.00. The molecular formula is C14H20ClNO2. The molecule has 0 aromatic heterocycles. The van der Waals surface area contributed by atoms with Crippen LogP contribution < -0.4 is 4.90 Å². The highest BCUT2D eigenvalue weighted by Crippen LogP contribution is 2.22. The van der Waals surface area contributed by atoms with Gasteiger partial charge in [0.25, 0.3) is 0 Å². The van der Waals surface area contributed by atoms with E-state index < -0.39 is 4.87 Å². The predicted octanol–water partition coefficient (Wildman–Crippen LogP) is 3.42. The molecule has 0 N–H and O–H groups in total. The maximum atomic E-state index is 12.3. The number of hydrogen-bond acceptors (Lipinski definition) is 2. The number of anilines is 1. The van der Waals surface area contributed by atoms with Crippen molar-refractivity contribution in [3.63, 3.8) is 0 Å². The summed E-state index contributed by atoms with van der Waals surface area (Å²) in [5, 5.41) is 0. The summed E-state index contributed by atoms with van der Waals surface area (Å²) in [7, 11) is 0. The second-order valence-corrected chi connectivity index (χ2v) is 5.83. The van der Waals surface area contributed by atoms with Crippen molar-refractivity contribution >= 4 is 23.2 Å². The van der Waals surface area contributed by atoms with Crippen molar-refractivity contribution in [1.82, 2.24) is 0 Å². The third-order valence-electron chi connectivity index (χ3n) is 2.36. The Balaban J connectivity index is 2.92. The fourth-order valence-electron chi connectivity index (χ4n) is 1.40. The van der Waals surface area contributed by atoms with Crippen LogP contribution in [0.4, 0.5) is 5.69 Å². The lowest BCUT2D eigenvalue weighted by molar-refractivity contribution is -0.121. The molecule has 4 heteroatoms. The fourth-order valence-corrected chi connectivity index (χ4v) is 1.50. The highest BCUT2D eigenvalue weighted by Gasteiger charge is 2.30. The molecule has 0 saturated heterocycles. The number of amides is 1. The Morgan fingerprint density at radius 1 is 1.33 bits per heavy atom. The summed E-state index contributed by atoms with van der Waals surface area (Å²) >= 11 is 6.10. The van der Waals surface area contributed by atoms with Crippen LogP contribution in [-0.4, -0.2) is 23.6 Å². The number of carbonyl (C=O) groups is 1. The van der Waals surface area contributed by atoms with Gasteiger partial charge in [0, 0.05) is 5.69 Å². The van der Waals surface area contributed by atoms with Crippen molar-refractivity contribution in [3.05, 3.63) is 30.3 Å². The molecule has 0 spiro atoms. The zero-order chi connectivity index (χ0) is 13.8. The van der Waals surface area contributed by atoms with Gasteiger partial charge in [-0.05, 0) is 39.8 Å². The lowest BCUT2D eigenvalue weighted by atomic mass is 10.1. The normalized spacial score (nSPS) is 11.7. The molecule has 1 rings (SSSR count). The summed E-state index contributed by atoms with van der Waals surface area (Å²) < 4.78 is 5.52. The van der Waals surface area contributed by atoms with E-state index in [4.69, 9.17) is 16.3 Å². The van der Waals surface area contributed by atoms with Crippen molar-refractivity contribution in [1.29, 1.82) is 0 Å². The molecule has 1 aromatic carbocycles. The van der Waals surface area contributed by atoms with E-state index in [0.717, 1.165) is 5.69 Å². The molecule has 18 heavy (non-hydrogen) atoms. The summed E-state index contributed by atoms with van der Waals surface area (Å²) in [6.07, 6.45) is 0.0578. The van der Waals surface area contributed by atoms with Crippen molar-refractivity contribution in [2.75, 3.05) is 11.6 Å². The second-order valence-electron chi connectivity index (χ2n) is 4.89. The van der Waals surface area contributed by atoms with Crippen LogP contribution in [0.5, 0.6) is 0 Å². The molecule has 0 fully saturated rings. The topological polar surface area (TPSA) is 29.5 Å². The van der Waals surface area contributed by atoms with E-state index >= 15 is 0 Å². The molecular weight excluding hydrogens is 250 g/mol. The molecule has 0 aliphatic rings. The molecule has 0 atom stereocenters. The zero-order valence-corrected chi connectivity index (χ0v) is 12.1. The SMILES string of the molecule is CC(C)OCN(C(=O)C(C)(C)Cl)c1ccccc1. The van der Waals surface area contributed by atoms with Gasteiger partial charge in [-0.2, -0.15) is 0 Å². The van der Waals surface area contributed by atoms with Crippen molar-refractivity contribution < 1.29 is 9.53 Å². The van der Waals surface area contributed by atoms with Crippen LogP contribution in [-0.2, 0) is 9.53 Å². The number of nitrogens with zero attached hydrogens (tertiary/aromatic N) is 1. The minimum Gasteiger partial charge on any atom is -0.358 e. The monoisotopic (exact) mass is 269 g/mol. The van der Waals surface area contributed by atoms with Gasteiger partial charge in [0.15, 0.2) is 0 Å². The first kappa shape index (κ1) is 15.0. The van der Waals surface area contributed by atoms with E-state index in [1.165, 1.54) is 0 Å². The number of para-hydroxylation sites is 1.